The fourth-order valence-electron chi connectivity index (χ4n) is 0.392. The van der Waals surface area contributed by atoms with Gasteiger partial charge in [-0.05, 0) is 0 Å². The van der Waals surface area contributed by atoms with Gasteiger partial charge in [0.05, 0.1) is 17.3 Å². The van der Waals surface area contributed by atoms with E-state index in [0.717, 1.165) is 0 Å². The topological polar surface area (TPSA) is 82.1 Å². The molecule has 16 heavy (non-hydrogen) atoms. The maximum atomic E-state index is 10.8. The van der Waals surface area contributed by atoms with Crippen LogP contribution in [0, 0.1) is 0 Å². The Labute approximate surface area is 107 Å². The van der Waals surface area contributed by atoms with Gasteiger partial charge in [0, 0.05) is 0 Å². The molecule has 0 N–H and O–H groups in total. The van der Waals surface area contributed by atoms with E-state index in [1.165, 1.54) is 0 Å². The molecule has 0 aliphatic carbocycles. The van der Waals surface area contributed by atoms with Crippen LogP contribution in [0.2, 0.25) is 0 Å². The van der Waals surface area contributed by atoms with Crippen LogP contribution in [0.3, 0.4) is 0 Å². The van der Waals surface area contributed by atoms with Crippen LogP contribution < -0.4 is 0 Å². The molecule has 92 valence electrons. The van der Waals surface area contributed by atoms with Gasteiger partial charge in [-0.3, -0.25) is 14.5 Å². The number of hydrogen-bond acceptors (Lipinski definition) is 10. The fourth-order valence-corrected chi connectivity index (χ4v) is 0.565. The number of thiol groups is 3. The van der Waals surface area contributed by atoms with Crippen molar-refractivity contribution in [3.63, 3.8) is 0 Å². The summed E-state index contributed by atoms with van der Waals surface area (Å²) in [4.78, 5) is 45.3. The second-order valence-electron chi connectivity index (χ2n) is 2.09. The molecule has 0 aromatic carbocycles. The van der Waals surface area contributed by atoms with Crippen molar-refractivity contribution >= 4 is 55.8 Å². The highest BCUT2D eigenvalue weighted by molar-refractivity contribution is 7.81. The maximum absolute atomic E-state index is 10.8. The van der Waals surface area contributed by atoms with E-state index < -0.39 is 17.9 Å². The zero-order valence-electron chi connectivity index (χ0n) is 7.86. The van der Waals surface area contributed by atoms with Gasteiger partial charge in [0.25, 0.3) is 0 Å². The average molecular weight is 287 g/mol. The largest absolute Gasteiger partial charge is 0.342 e. The van der Waals surface area contributed by atoms with E-state index in [1.54, 1.807) is 0 Å². The Morgan fingerprint density at radius 1 is 0.750 bits per heavy atom. The smallest absolute Gasteiger partial charge is 0.299 e. The molecule has 0 fully saturated rings. The summed E-state index contributed by atoms with van der Waals surface area (Å²) in [5, 5.41) is -0.00431. The highest BCUT2D eigenvalue weighted by Crippen LogP contribution is 1.99. The first kappa shape index (κ1) is 15.4. The van der Waals surface area contributed by atoms with Gasteiger partial charge in [0.15, 0.2) is 0 Å². The lowest BCUT2D eigenvalue weighted by molar-refractivity contribution is -0.462. The molecule has 0 spiro atoms. The van der Waals surface area contributed by atoms with Gasteiger partial charge in [-0.1, -0.05) is 0 Å². The Balaban J connectivity index is 4.31. The zero-order valence-corrected chi connectivity index (χ0v) is 10.5. The average Bonchev–Trinajstić information content (AvgIpc) is 2.28. The van der Waals surface area contributed by atoms with Crippen LogP contribution in [-0.2, 0) is 28.9 Å². The van der Waals surface area contributed by atoms with Crippen LogP contribution in [0.4, 0.5) is 0 Å². The molecule has 0 amide bonds. The Morgan fingerprint density at radius 2 is 1.00 bits per heavy atom. The molecule has 0 bridgehead atoms. The number of nitrogens with zero attached hydrogens (tertiary/aromatic N) is 1. The fraction of sp³-hybridized carbons (Fsp3) is 0.500. The SMILES string of the molecule is O=C(CS)ON(OC(=O)CS)OC(=O)CS. The highest BCUT2D eigenvalue weighted by atomic mass is 32.1. The normalized spacial score (nSPS) is 9.75. The van der Waals surface area contributed by atoms with Crippen LogP contribution in [0.25, 0.3) is 0 Å². The van der Waals surface area contributed by atoms with E-state index in [0.29, 0.717) is 0 Å². The zero-order chi connectivity index (χ0) is 12.6. The molecule has 0 radical (unpaired) electrons. The van der Waals surface area contributed by atoms with Crippen LogP contribution in [0.5, 0.6) is 0 Å². The van der Waals surface area contributed by atoms with Gasteiger partial charge in [0.1, 0.15) is 0 Å². The lowest BCUT2D eigenvalue weighted by Gasteiger charge is -2.15. The summed E-state index contributed by atoms with van der Waals surface area (Å²) in [6.07, 6.45) is 0. The van der Waals surface area contributed by atoms with Crippen LogP contribution >= 0.6 is 37.9 Å². The van der Waals surface area contributed by atoms with Gasteiger partial charge in [-0.15, -0.1) is 0 Å². The molecular weight excluding hydrogens is 278 g/mol. The summed E-state index contributed by atoms with van der Waals surface area (Å²) in [5.74, 6) is -3.47. The van der Waals surface area contributed by atoms with Crippen molar-refractivity contribution < 1.29 is 28.9 Å². The number of hydrogen-bond donors (Lipinski definition) is 3. The summed E-state index contributed by atoms with van der Waals surface area (Å²) in [6.45, 7) is 0. The Kier molecular flexibility index (Phi) is 8.25. The van der Waals surface area contributed by atoms with Gasteiger partial charge in [0.2, 0.25) is 5.39 Å². The standard InChI is InChI=1S/C6H9NO6S3/c8-4(1-14)11-7(12-5(9)2-15)13-6(10)3-16/h14-16H,1-3H2. The van der Waals surface area contributed by atoms with Crippen LogP contribution in [-0.4, -0.2) is 40.6 Å². The van der Waals surface area contributed by atoms with E-state index in [4.69, 9.17) is 0 Å². The van der Waals surface area contributed by atoms with Crippen molar-refractivity contribution in [1.29, 1.82) is 0 Å². The molecular formula is C6H9NO6S3. The molecule has 0 aromatic heterocycles. The summed E-state index contributed by atoms with van der Waals surface area (Å²) in [6, 6.07) is 0. The molecule has 0 aromatic rings. The van der Waals surface area contributed by atoms with E-state index in [9.17, 15) is 14.4 Å². The highest BCUT2D eigenvalue weighted by Gasteiger charge is 2.20. The summed E-state index contributed by atoms with van der Waals surface area (Å²) in [7, 11) is 0. The van der Waals surface area contributed by atoms with Crippen molar-refractivity contribution in [2.75, 3.05) is 17.3 Å². The van der Waals surface area contributed by atoms with E-state index in [2.05, 4.69) is 52.4 Å². The number of carbonyl (C=O) groups excluding carboxylic acids is 3. The van der Waals surface area contributed by atoms with Crippen molar-refractivity contribution in [2.45, 2.75) is 0 Å². The summed E-state index contributed by atoms with van der Waals surface area (Å²) >= 11 is 10.8. The molecule has 0 rings (SSSR count). The minimum Gasteiger partial charge on any atom is -0.299 e. The molecule has 7 nitrogen and oxygen atoms in total. The van der Waals surface area contributed by atoms with Crippen molar-refractivity contribution in [3.8, 4) is 0 Å². The predicted octanol–water partition coefficient (Wildman–Crippen LogP) is -0.548. The van der Waals surface area contributed by atoms with Crippen molar-refractivity contribution in [1.82, 2.24) is 5.39 Å². The van der Waals surface area contributed by atoms with E-state index in [-0.39, 0.29) is 22.6 Å². The molecule has 0 aliphatic heterocycles. The van der Waals surface area contributed by atoms with E-state index >= 15 is 0 Å². The van der Waals surface area contributed by atoms with Gasteiger partial charge in [-0.25, -0.2) is 14.4 Å². The number of carbonyl (C=O) groups is 3. The first-order chi connectivity index (χ1) is 7.53. The second-order valence-corrected chi connectivity index (χ2v) is 3.04. The first-order valence-corrected chi connectivity index (χ1v) is 5.68. The van der Waals surface area contributed by atoms with Crippen LogP contribution in [0.15, 0.2) is 0 Å². The Bertz CT molecular complexity index is 230. The molecule has 0 saturated carbocycles. The minimum atomic E-state index is -0.873. The minimum absolute atomic E-state index is 0.00431. The summed E-state index contributed by atoms with van der Waals surface area (Å²) in [5.41, 5.74) is 0. The van der Waals surface area contributed by atoms with Gasteiger partial charge < -0.3 is 0 Å². The first-order valence-electron chi connectivity index (χ1n) is 3.78. The summed E-state index contributed by atoms with van der Waals surface area (Å²) < 4.78 is 0. The third-order valence-corrected chi connectivity index (χ3v) is 1.69. The monoisotopic (exact) mass is 287 g/mol. The van der Waals surface area contributed by atoms with E-state index in [1.807, 2.05) is 0 Å². The Morgan fingerprint density at radius 3 is 1.19 bits per heavy atom. The molecule has 0 heterocycles. The van der Waals surface area contributed by atoms with Gasteiger partial charge >= 0.3 is 17.9 Å². The lowest BCUT2D eigenvalue weighted by Crippen LogP contribution is -2.34. The Hall–Kier alpha value is -0.580. The molecule has 0 atom stereocenters. The van der Waals surface area contributed by atoms with Gasteiger partial charge in [-0.2, -0.15) is 37.9 Å². The molecule has 0 unspecified atom stereocenters. The number of rotatable bonds is 6. The second kappa shape index (κ2) is 8.56. The third kappa shape index (κ3) is 6.82. The third-order valence-electron chi connectivity index (χ3n) is 0.916. The lowest BCUT2D eigenvalue weighted by atomic mass is 10.8. The maximum Gasteiger partial charge on any atom is 0.342 e. The molecule has 0 saturated heterocycles. The van der Waals surface area contributed by atoms with Crippen molar-refractivity contribution in [3.05, 3.63) is 0 Å². The molecule has 0 aliphatic rings. The van der Waals surface area contributed by atoms with Crippen molar-refractivity contribution in [2.24, 2.45) is 0 Å². The predicted molar refractivity (Wildman–Crippen MR) is 61.7 cm³/mol. The quantitative estimate of drug-likeness (QED) is 0.447. The van der Waals surface area contributed by atoms with Crippen LogP contribution in [0.1, 0.15) is 0 Å². The molecule has 10 heteroatoms.